The van der Waals surface area contributed by atoms with Gasteiger partial charge in [0.2, 0.25) is 11.8 Å². The molecule has 0 saturated heterocycles. The Labute approximate surface area is 191 Å². The first-order chi connectivity index (χ1) is 15.6. The van der Waals surface area contributed by atoms with Crippen LogP contribution in [0.1, 0.15) is 48.6 Å². The Kier molecular flexibility index (Phi) is 7.27. The number of rotatable bonds is 7. The first-order valence-corrected chi connectivity index (χ1v) is 11.8. The largest absolute Gasteiger partial charge is 0.351 e. The molecule has 1 saturated carbocycles. The minimum atomic E-state index is -0.899. The molecule has 0 bridgehead atoms. The molecule has 1 N–H and O–H groups in total. The maximum absolute atomic E-state index is 13.7. The minimum absolute atomic E-state index is 0.0953. The summed E-state index contributed by atoms with van der Waals surface area (Å²) in [5.74, 6) is -0.871. The van der Waals surface area contributed by atoms with Crippen molar-refractivity contribution < 1.29 is 14.0 Å². The highest BCUT2D eigenvalue weighted by atomic mass is 32.1. The summed E-state index contributed by atoms with van der Waals surface area (Å²) < 4.78 is 13.7. The molecule has 1 unspecified atom stereocenters. The number of halogens is 1. The van der Waals surface area contributed by atoms with E-state index in [1.165, 1.54) is 34.8 Å². The molecule has 1 aliphatic carbocycles. The third-order valence-corrected chi connectivity index (χ3v) is 6.61. The molecule has 1 aromatic carbocycles. The zero-order valence-corrected chi connectivity index (χ0v) is 18.6. The van der Waals surface area contributed by atoms with Crippen molar-refractivity contribution in [3.63, 3.8) is 0 Å². The van der Waals surface area contributed by atoms with Gasteiger partial charge < -0.3 is 5.32 Å². The summed E-state index contributed by atoms with van der Waals surface area (Å²) in [6.45, 7) is 0. The van der Waals surface area contributed by atoms with Gasteiger partial charge in [0.25, 0.3) is 0 Å². The van der Waals surface area contributed by atoms with Gasteiger partial charge in [0.1, 0.15) is 11.9 Å². The van der Waals surface area contributed by atoms with Crippen molar-refractivity contribution in [2.24, 2.45) is 0 Å². The van der Waals surface area contributed by atoms with Crippen LogP contribution in [0.5, 0.6) is 0 Å². The fraction of sp³-hybridized carbons (Fsp3) is 0.320. The molecule has 0 spiro atoms. The molecule has 2 amide bonds. The number of nitrogens with zero attached hydrogens (tertiary/aromatic N) is 2. The minimum Gasteiger partial charge on any atom is -0.351 e. The lowest BCUT2D eigenvalue weighted by Gasteiger charge is -2.33. The van der Waals surface area contributed by atoms with E-state index in [4.69, 9.17) is 0 Å². The molecule has 0 aliphatic heterocycles. The van der Waals surface area contributed by atoms with Crippen molar-refractivity contribution in [2.45, 2.75) is 50.6 Å². The Balaban J connectivity index is 1.71. The van der Waals surface area contributed by atoms with E-state index >= 15 is 0 Å². The van der Waals surface area contributed by atoms with E-state index in [0.29, 0.717) is 11.3 Å². The van der Waals surface area contributed by atoms with Crippen LogP contribution in [0.3, 0.4) is 0 Å². The van der Waals surface area contributed by atoms with E-state index in [1.54, 1.807) is 36.7 Å². The van der Waals surface area contributed by atoms with E-state index in [0.717, 1.165) is 30.6 Å². The average Bonchev–Trinajstić information content (AvgIpc) is 3.32. The van der Waals surface area contributed by atoms with Crippen LogP contribution in [0.4, 0.5) is 10.1 Å². The van der Waals surface area contributed by atoms with E-state index in [2.05, 4.69) is 10.3 Å². The second kappa shape index (κ2) is 10.5. The number of hydrogen-bond donors (Lipinski definition) is 1. The van der Waals surface area contributed by atoms with Gasteiger partial charge in [-0.1, -0.05) is 31.4 Å². The van der Waals surface area contributed by atoms with Crippen LogP contribution in [0.15, 0.2) is 66.3 Å². The van der Waals surface area contributed by atoms with Gasteiger partial charge in [0, 0.05) is 34.6 Å². The molecule has 4 rings (SSSR count). The second-order valence-electron chi connectivity index (χ2n) is 8.03. The van der Waals surface area contributed by atoms with Gasteiger partial charge in [-0.25, -0.2) is 4.39 Å². The molecule has 2 aromatic heterocycles. The highest BCUT2D eigenvalue weighted by Gasteiger charge is 2.34. The Morgan fingerprint density at radius 1 is 1.09 bits per heavy atom. The lowest BCUT2D eigenvalue weighted by atomic mass is 9.94. The molecule has 3 aromatic rings. The quantitative estimate of drug-likeness (QED) is 0.547. The molecule has 1 atom stereocenters. The van der Waals surface area contributed by atoms with E-state index < -0.39 is 11.9 Å². The monoisotopic (exact) mass is 451 g/mol. The summed E-state index contributed by atoms with van der Waals surface area (Å²) in [4.78, 5) is 33.7. The van der Waals surface area contributed by atoms with Crippen LogP contribution in [0, 0.1) is 5.82 Å². The third kappa shape index (κ3) is 5.40. The fourth-order valence-corrected chi connectivity index (χ4v) is 4.86. The molecule has 0 radical (unpaired) electrons. The van der Waals surface area contributed by atoms with Gasteiger partial charge >= 0.3 is 0 Å². The number of hydrogen-bond acceptors (Lipinski definition) is 4. The topological polar surface area (TPSA) is 62.3 Å². The molecule has 166 valence electrons. The molecule has 32 heavy (non-hydrogen) atoms. The van der Waals surface area contributed by atoms with Crippen molar-refractivity contribution in [3.05, 3.63) is 82.6 Å². The molecule has 1 aliphatic rings. The SMILES string of the molecule is O=C(NC1CCCCC1)C(c1cccnc1)N(C(=O)Cc1cccs1)c1ccc(F)cc1. The maximum atomic E-state index is 13.7. The average molecular weight is 452 g/mol. The normalized spacial score (nSPS) is 15.2. The summed E-state index contributed by atoms with van der Waals surface area (Å²) in [6, 6.07) is 12.2. The van der Waals surface area contributed by atoms with Crippen LogP contribution in [-0.2, 0) is 16.0 Å². The molecular weight excluding hydrogens is 425 g/mol. The number of anilines is 1. The first kappa shape index (κ1) is 22.1. The van der Waals surface area contributed by atoms with Crippen molar-refractivity contribution in [2.75, 3.05) is 4.90 Å². The van der Waals surface area contributed by atoms with Crippen molar-refractivity contribution >= 4 is 28.8 Å². The highest BCUT2D eigenvalue weighted by molar-refractivity contribution is 7.10. The van der Waals surface area contributed by atoms with E-state index in [1.807, 2.05) is 17.5 Å². The molecule has 7 heteroatoms. The van der Waals surface area contributed by atoms with Gasteiger partial charge in [-0.2, -0.15) is 0 Å². The van der Waals surface area contributed by atoms with Crippen LogP contribution >= 0.6 is 11.3 Å². The van der Waals surface area contributed by atoms with Crippen molar-refractivity contribution in [3.8, 4) is 0 Å². The van der Waals surface area contributed by atoms with Crippen LogP contribution in [0.25, 0.3) is 0 Å². The fourth-order valence-electron chi connectivity index (χ4n) is 4.17. The number of nitrogens with one attached hydrogen (secondary N) is 1. The van der Waals surface area contributed by atoms with E-state index in [9.17, 15) is 14.0 Å². The third-order valence-electron chi connectivity index (χ3n) is 5.74. The molecule has 1 fully saturated rings. The summed E-state index contributed by atoms with van der Waals surface area (Å²) in [7, 11) is 0. The van der Waals surface area contributed by atoms with Crippen molar-refractivity contribution in [1.29, 1.82) is 0 Å². The lowest BCUT2D eigenvalue weighted by molar-refractivity contribution is -0.127. The Morgan fingerprint density at radius 3 is 2.53 bits per heavy atom. The second-order valence-corrected chi connectivity index (χ2v) is 9.06. The lowest BCUT2D eigenvalue weighted by Crippen LogP contribution is -2.47. The van der Waals surface area contributed by atoms with Gasteiger partial charge in [-0.05, 0) is 54.6 Å². The number of benzene rings is 1. The molecule has 2 heterocycles. The predicted octanol–water partition coefficient (Wildman–Crippen LogP) is 5.05. The van der Waals surface area contributed by atoms with Gasteiger partial charge in [-0.3, -0.25) is 19.5 Å². The van der Waals surface area contributed by atoms with Gasteiger partial charge in [-0.15, -0.1) is 11.3 Å². The zero-order chi connectivity index (χ0) is 22.3. The Morgan fingerprint density at radius 2 is 1.88 bits per heavy atom. The van der Waals surface area contributed by atoms with Crippen LogP contribution < -0.4 is 10.2 Å². The highest BCUT2D eigenvalue weighted by Crippen LogP contribution is 2.30. The van der Waals surface area contributed by atoms with Gasteiger partial charge in [0.05, 0.1) is 6.42 Å². The van der Waals surface area contributed by atoms with Gasteiger partial charge in [0.15, 0.2) is 0 Å². The van der Waals surface area contributed by atoms with Crippen LogP contribution in [0.2, 0.25) is 0 Å². The standard InChI is InChI=1S/C25H26FN3O2S/c26-19-10-12-21(13-11-19)29(23(30)16-22-9-5-15-32-22)24(18-6-4-14-27-17-18)25(31)28-20-7-2-1-3-8-20/h4-6,9-15,17,20,24H,1-3,7-8,16H2,(H,28,31). The summed E-state index contributed by atoms with van der Waals surface area (Å²) in [6.07, 6.45) is 8.62. The number of carbonyl (C=O) groups is 2. The first-order valence-electron chi connectivity index (χ1n) is 10.9. The van der Waals surface area contributed by atoms with Crippen LogP contribution in [-0.4, -0.2) is 22.8 Å². The predicted molar refractivity (Wildman–Crippen MR) is 124 cm³/mol. The smallest absolute Gasteiger partial charge is 0.248 e. The van der Waals surface area contributed by atoms with E-state index in [-0.39, 0.29) is 24.3 Å². The number of carbonyl (C=O) groups excluding carboxylic acids is 2. The zero-order valence-electron chi connectivity index (χ0n) is 17.7. The number of thiophene rings is 1. The number of aromatic nitrogens is 1. The molecular formula is C25H26FN3O2S. The number of amides is 2. The summed E-state index contributed by atoms with van der Waals surface area (Å²) in [5, 5.41) is 5.08. The summed E-state index contributed by atoms with van der Waals surface area (Å²) >= 11 is 1.49. The number of pyridine rings is 1. The Bertz CT molecular complexity index is 1020. The summed E-state index contributed by atoms with van der Waals surface area (Å²) in [5.41, 5.74) is 1.09. The Hall–Kier alpha value is -3.06. The van der Waals surface area contributed by atoms with Crippen molar-refractivity contribution in [1.82, 2.24) is 10.3 Å². The molecule has 5 nitrogen and oxygen atoms in total. The maximum Gasteiger partial charge on any atom is 0.248 e.